The van der Waals surface area contributed by atoms with Crippen molar-refractivity contribution in [3.8, 4) is 0 Å². The van der Waals surface area contributed by atoms with Gasteiger partial charge in [0.25, 0.3) is 11.8 Å². The predicted molar refractivity (Wildman–Crippen MR) is 139 cm³/mol. The average Bonchev–Trinajstić information content (AvgIpc) is 3.36. The Labute approximate surface area is 233 Å². The van der Waals surface area contributed by atoms with E-state index < -0.39 is 57.0 Å². The number of aliphatic carboxylic acids is 1. The van der Waals surface area contributed by atoms with Crippen molar-refractivity contribution in [2.75, 3.05) is 20.1 Å². The lowest BCUT2D eigenvalue weighted by Gasteiger charge is -2.43. The van der Waals surface area contributed by atoms with Crippen LogP contribution in [0.25, 0.3) is 0 Å². The average molecular weight is 603 g/mol. The maximum atomic E-state index is 13.2. The number of aromatic nitrogens is 3. The number of carboxylic acid groups (broad SMARTS) is 1. The lowest BCUT2D eigenvalue weighted by Crippen LogP contribution is -2.73. The number of carboxylic acids is 1. The Hall–Kier alpha value is -3.30. The molecule has 1 saturated carbocycles. The summed E-state index contributed by atoms with van der Waals surface area (Å²) in [6.07, 6.45) is 2.64. The quantitative estimate of drug-likeness (QED) is 0.0535. The van der Waals surface area contributed by atoms with E-state index in [1.165, 1.54) is 11.6 Å². The van der Waals surface area contributed by atoms with Crippen LogP contribution in [-0.2, 0) is 42.6 Å². The van der Waals surface area contributed by atoms with Crippen LogP contribution in [0.3, 0.4) is 0 Å². The first-order chi connectivity index (χ1) is 18.8. The topological polar surface area (TPSA) is 261 Å². The summed E-state index contributed by atoms with van der Waals surface area (Å²) < 4.78 is 33.7. The number of β-lactam (4-membered cyclic amide) rings is 1. The molecule has 1 aliphatic carbocycles. The Morgan fingerprint density at radius 1 is 1.43 bits per heavy atom. The SMILES string of the molecule is CN(CCCN)Cc1cnn(CC2C(NC(=O)/C(=N\OC3(C(=O)O)CC3)C3=CSC(N)N3)C(=O)N2S(=O)(=O)O)n1. The van der Waals surface area contributed by atoms with Gasteiger partial charge in [0, 0.05) is 24.8 Å². The van der Waals surface area contributed by atoms with Crippen LogP contribution in [0.4, 0.5) is 0 Å². The zero-order chi connectivity index (χ0) is 29.2. The molecule has 2 amide bonds. The fourth-order valence-electron chi connectivity index (χ4n) is 4.02. The molecule has 1 aromatic rings. The minimum atomic E-state index is -4.97. The second kappa shape index (κ2) is 11.7. The Morgan fingerprint density at radius 3 is 2.73 bits per heavy atom. The van der Waals surface area contributed by atoms with E-state index in [-0.39, 0.29) is 29.4 Å². The van der Waals surface area contributed by atoms with Gasteiger partial charge >= 0.3 is 16.3 Å². The molecule has 0 bridgehead atoms. The molecular formula is C20H30N10O8S2. The summed E-state index contributed by atoms with van der Waals surface area (Å²) in [5.41, 5.74) is 9.42. The maximum Gasteiger partial charge on any atom is 0.362 e. The smallest absolute Gasteiger partial charge is 0.362 e. The zero-order valence-corrected chi connectivity index (χ0v) is 23.0. The molecule has 3 unspecified atom stereocenters. The summed E-state index contributed by atoms with van der Waals surface area (Å²) in [5.74, 6) is -3.31. The van der Waals surface area contributed by atoms with Gasteiger partial charge in [0.15, 0.2) is 5.71 Å². The van der Waals surface area contributed by atoms with E-state index in [0.29, 0.717) is 18.8 Å². The lowest BCUT2D eigenvalue weighted by atomic mass is 9.98. The van der Waals surface area contributed by atoms with Crippen molar-refractivity contribution in [1.82, 2.24) is 34.8 Å². The number of nitrogens with zero attached hydrogens (tertiary/aromatic N) is 6. The van der Waals surface area contributed by atoms with E-state index in [1.54, 1.807) is 0 Å². The van der Waals surface area contributed by atoms with Crippen molar-refractivity contribution in [1.29, 1.82) is 0 Å². The Balaban J connectivity index is 1.51. The van der Waals surface area contributed by atoms with Crippen LogP contribution in [0.5, 0.6) is 0 Å². The number of rotatable bonds is 14. The number of carbonyl (C=O) groups is 3. The van der Waals surface area contributed by atoms with Crippen LogP contribution in [0.1, 0.15) is 25.0 Å². The standard InChI is InChI=1S/C20H30N10O8S2/c1-28(6-2-5-21)8-11-7-23-29(26-11)9-13-15(17(32)30(13)40(35,36)37)25-16(31)14(12-10-39-19(22)24-12)27-38-20(3-4-20)18(33)34/h7,10,13,15,19,24H,2-6,8-9,21-22H2,1H3,(H,25,31)(H,33,34)(H,35,36,37)/b27-14-. The van der Waals surface area contributed by atoms with Crippen LogP contribution in [0, 0.1) is 0 Å². The summed E-state index contributed by atoms with van der Waals surface area (Å²) in [6, 6.07) is -2.70. The number of hydrogen-bond acceptors (Lipinski definition) is 14. The van der Waals surface area contributed by atoms with Crippen LogP contribution in [0.2, 0.25) is 0 Å². The number of hydrogen-bond donors (Lipinski definition) is 6. The number of nitrogens with one attached hydrogen (secondary N) is 2. The first-order valence-corrected chi connectivity index (χ1v) is 14.5. The third-order valence-corrected chi connectivity index (χ3v) is 8.05. The van der Waals surface area contributed by atoms with Crippen molar-refractivity contribution in [2.45, 2.75) is 55.5 Å². The van der Waals surface area contributed by atoms with Gasteiger partial charge in [-0.05, 0) is 26.6 Å². The molecule has 4 rings (SSSR count). The molecule has 40 heavy (non-hydrogen) atoms. The molecule has 2 aliphatic heterocycles. The Bertz CT molecular complexity index is 1330. The molecule has 0 spiro atoms. The Kier molecular flexibility index (Phi) is 8.66. The highest BCUT2D eigenvalue weighted by atomic mass is 32.2. The summed E-state index contributed by atoms with van der Waals surface area (Å²) in [7, 11) is -3.10. The fraction of sp³-hybridized carbons (Fsp3) is 0.600. The van der Waals surface area contributed by atoms with Gasteiger partial charge in [-0.2, -0.15) is 23.4 Å². The predicted octanol–water partition coefficient (Wildman–Crippen LogP) is -3.03. The summed E-state index contributed by atoms with van der Waals surface area (Å²) >= 11 is 1.12. The minimum absolute atomic E-state index is 0.114. The van der Waals surface area contributed by atoms with Crippen molar-refractivity contribution >= 4 is 45.6 Å². The Morgan fingerprint density at radius 2 is 2.15 bits per heavy atom. The van der Waals surface area contributed by atoms with Crippen LogP contribution in [0.15, 0.2) is 22.5 Å². The molecule has 3 heterocycles. The summed E-state index contributed by atoms with van der Waals surface area (Å²) in [5, 5.41) is 28.1. The van der Waals surface area contributed by atoms with Gasteiger partial charge in [-0.15, -0.1) is 0 Å². The van der Waals surface area contributed by atoms with Gasteiger partial charge in [0.05, 0.1) is 24.1 Å². The van der Waals surface area contributed by atoms with Crippen molar-refractivity contribution in [2.24, 2.45) is 16.6 Å². The van der Waals surface area contributed by atoms with Gasteiger partial charge in [0.2, 0.25) is 5.60 Å². The molecule has 20 heteroatoms. The van der Waals surface area contributed by atoms with Gasteiger partial charge in [-0.1, -0.05) is 16.9 Å². The molecule has 0 aromatic carbocycles. The normalized spacial score (nSPS) is 23.9. The van der Waals surface area contributed by atoms with Crippen molar-refractivity contribution in [3.05, 3.63) is 23.0 Å². The van der Waals surface area contributed by atoms with E-state index in [1.807, 2.05) is 11.9 Å². The van der Waals surface area contributed by atoms with Crippen molar-refractivity contribution < 1.29 is 37.3 Å². The summed E-state index contributed by atoms with van der Waals surface area (Å²) in [4.78, 5) is 45.7. The van der Waals surface area contributed by atoms with Crippen LogP contribution >= 0.6 is 11.8 Å². The lowest BCUT2D eigenvalue weighted by molar-refractivity contribution is -0.153. The summed E-state index contributed by atoms with van der Waals surface area (Å²) in [6.45, 7) is 1.41. The second-order valence-corrected chi connectivity index (χ2v) is 11.8. The van der Waals surface area contributed by atoms with Gasteiger partial charge in [-0.3, -0.25) is 14.1 Å². The number of nitrogens with two attached hydrogens (primary N) is 2. The highest BCUT2D eigenvalue weighted by molar-refractivity contribution is 8.02. The first-order valence-electron chi connectivity index (χ1n) is 12.1. The third-order valence-electron chi connectivity index (χ3n) is 6.32. The molecule has 1 saturated heterocycles. The molecule has 18 nitrogen and oxygen atoms in total. The second-order valence-electron chi connectivity index (χ2n) is 9.46. The van der Waals surface area contributed by atoms with E-state index in [2.05, 4.69) is 26.0 Å². The molecule has 1 aromatic heterocycles. The first kappa shape index (κ1) is 29.7. The van der Waals surface area contributed by atoms with E-state index in [9.17, 15) is 32.5 Å². The third kappa shape index (κ3) is 6.53. The minimum Gasteiger partial charge on any atom is -0.478 e. The number of thioether (sulfide) groups is 1. The monoisotopic (exact) mass is 602 g/mol. The van der Waals surface area contributed by atoms with Gasteiger partial charge < -0.3 is 36.9 Å². The number of oxime groups is 1. The van der Waals surface area contributed by atoms with E-state index in [4.69, 9.17) is 16.3 Å². The van der Waals surface area contributed by atoms with Gasteiger partial charge in [0.1, 0.15) is 17.6 Å². The fourth-order valence-corrected chi connectivity index (χ4v) is 5.55. The maximum absolute atomic E-state index is 13.2. The largest absolute Gasteiger partial charge is 0.478 e. The molecule has 220 valence electrons. The van der Waals surface area contributed by atoms with E-state index in [0.717, 1.165) is 29.5 Å². The molecule has 2 fully saturated rings. The number of amides is 2. The van der Waals surface area contributed by atoms with Gasteiger partial charge in [-0.25, -0.2) is 9.10 Å². The highest BCUT2D eigenvalue weighted by Crippen LogP contribution is 2.40. The van der Waals surface area contributed by atoms with Crippen LogP contribution < -0.4 is 22.1 Å². The molecular weight excluding hydrogens is 572 g/mol. The molecule has 8 N–H and O–H groups in total. The van der Waals surface area contributed by atoms with Crippen molar-refractivity contribution in [3.63, 3.8) is 0 Å². The highest BCUT2D eigenvalue weighted by Gasteiger charge is 2.56. The molecule has 3 atom stereocenters. The zero-order valence-electron chi connectivity index (χ0n) is 21.3. The molecule has 0 radical (unpaired) electrons. The molecule has 3 aliphatic rings. The van der Waals surface area contributed by atoms with Crippen LogP contribution in [-0.4, -0.2) is 109 Å². The number of carbonyl (C=O) groups excluding carboxylic acids is 2. The van der Waals surface area contributed by atoms with E-state index >= 15 is 0 Å².